The summed E-state index contributed by atoms with van der Waals surface area (Å²) < 4.78 is 0. The van der Waals surface area contributed by atoms with Gasteiger partial charge in [-0.15, -0.1) is 11.3 Å². The van der Waals surface area contributed by atoms with Crippen LogP contribution in [0.25, 0.3) is 0 Å². The van der Waals surface area contributed by atoms with Crippen LogP contribution in [0.3, 0.4) is 0 Å². The first-order chi connectivity index (χ1) is 8.70. The molecule has 1 aliphatic heterocycles. The summed E-state index contributed by atoms with van der Waals surface area (Å²) in [5, 5.41) is 2.18. The summed E-state index contributed by atoms with van der Waals surface area (Å²) in [6, 6.07) is 4.02. The van der Waals surface area contributed by atoms with E-state index < -0.39 is 0 Å². The van der Waals surface area contributed by atoms with E-state index in [1.54, 1.807) is 6.07 Å². The Labute approximate surface area is 110 Å². The fourth-order valence-electron chi connectivity index (χ4n) is 2.37. The highest BCUT2D eigenvalue weighted by molar-refractivity contribution is 7.10. The standard InChI is InChI=1S/C13H16N4S/c1-9-6-12(14)16-13(15-9)8-17-4-2-11-10(7-17)3-5-18-11/h3,5-6H,2,4,7-8H2,1H3,(H2,14,15,16). The van der Waals surface area contributed by atoms with Crippen LogP contribution in [-0.4, -0.2) is 21.4 Å². The fourth-order valence-corrected chi connectivity index (χ4v) is 3.26. The van der Waals surface area contributed by atoms with Gasteiger partial charge < -0.3 is 5.73 Å². The lowest BCUT2D eigenvalue weighted by molar-refractivity contribution is 0.241. The third kappa shape index (κ3) is 2.37. The smallest absolute Gasteiger partial charge is 0.144 e. The predicted molar refractivity (Wildman–Crippen MR) is 73.3 cm³/mol. The maximum atomic E-state index is 5.76. The summed E-state index contributed by atoms with van der Waals surface area (Å²) in [4.78, 5) is 12.6. The molecule has 4 nitrogen and oxygen atoms in total. The summed E-state index contributed by atoms with van der Waals surface area (Å²) in [6.45, 7) is 4.80. The van der Waals surface area contributed by atoms with Crippen LogP contribution in [0.2, 0.25) is 0 Å². The van der Waals surface area contributed by atoms with E-state index in [1.807, 2.05) is 18.3 Å². The third-order valence-corrected chi connectivity index (χ3v) is 4.20. The lowest BCUT2D eigenvalue weighted by Gasteiger charge is -2.26. The first-order valence-corrected chi connectivity index (χ1v) is 6.96. The number of hydrogen-bond donors (Lipinski definition) is 1. The molecule has 0 aliphatic carbocycles. The summed E-state index contributed by atoms with van der Waals surface area (Å²) in [5.74, 6) is 1.39. The highest BCUT2D eigenvalue weighted by Crippen LogP contribution is 2.24. The van der Waals surface area contributed by atoms with Crippen molar-refractivity contribution in [3.8, 4) is 0 Å². The Morgan fingerprint density at radius 3 is 3.17 bits per heavy atom. The molecule has 3 rings (SSSR count). The molecule has 18 heavy (non-hydrogen) atoms. The SMILES string of the molecule is Cc1cc(N)nc(CN2CCc3sccc3C2)n1. The molecule has 2 N–H and O–H groups in total. The Hall–Kier alpha value is -1.46. The van der Waals surface area contributed by atoms with Crippen molar-refractivity contribution < 1.29 is 0 Å². The normalized spacial score (nSPS) is 15.6. The molecule has 5 heteroatoms. The molecule has 0 aromatic carbocycles. The Morgan fingerprint density at radius 1 is 1.44 bits per heavy atom. The van der Waals surface area contributed by atoms with E-state index in [0.29, 0.717) is 5.82 Å². The zero-order chi connectivity index (χ0) is 12.5. The second kappa shape index (κ2) is 4.66. The summed E-state index contributed by atoms with van der Waals surface area (Å²) >= 11 is 1.86. The molecule has 3 heterocycles. The van der Waals surface area contributed by atoms with E-state index in [4.69, 9.17) is 5.73 Å². The average Bonchev–Trinajstić information content (AvgIpc) is 2.74. The number of rotatable bonds is 2. The van der Waals surface area contributed by atoms with Gasteiger partial charge in [0.2, 0.25) is 0 Å². The van der Waals surface area contributed by atoms with Gasteiger partial charge in [0.15, 0.2) is 0 Å². The number of nitrogen functional groups attached to an aromatic ring is 1. The lowest BCUT2D eigenvalue weighted by atomic mass is 10.1. The van der Waals surface area contributed by atoms with Gasteiger partial charge in [-0.3, -0.25) is 4.90 Å². The summed E-state index contributed by atoms with van der Waals surface area (Å²) in [6.07, 6.45) is 1.13. The van der Waals surface area contributed by atoms with Crippen molar-refractivity contribution in [2.75, 3.05) is 12.3 Å². The van der Waals surface area contributed by atoms with E-state index in [9.17, 15) is 0 Å². The quantitative estimate of drug-likeness (QED) is 0.897. The molecule has 0 radical (unpaired) electrons. The van der Waals surface area contributed by atoms with Gasteiger partial charge >= 0.3 is 0 Å². The molecule has 2 aromatic heterocycles. The molecule has 0 unspecified atom stereocenters. The van der Waals surface area contributed by atoms with Crippen molar-refractivity contribution in [2.24, 2.45) is 0 Å². The predicted octanol–water partition coefficient (Wildman–Crippen LogP) is 1.99. The van der Waals surface area contributed by atoms with Crippen molar-refractivity contribution in [1.29, 1.82) is 0 Å². The monoisotopic (exact) mass is 260 g/mol. The molecule has 0 fully saturated rings. The topological polar surface area (TPSA) is 55.0 Å². The molecule has 0 atom stereocenters. The van der Waals surface area contributed by atoms with Crippen LogP contribution >= 0.6 is 11.3 Å². The van der Waals surface area contributed by atoms with Gasteiger partial charge in [-0.2, -0.15) is 0 Å². The fraction of sp³-hybridized carbons (Fsp3) is 0.385. The Morgan fingerprint density at radius 2 is 2.33 bits per heavy atom. The van der Waals surface area contributed by atoms with Gasteiger partial charge in [-0.1, -0.05) is 0 Å². The minimum absolute atomic E-state index is 0.561. The van der Waals surface area contributed by atoms with Crippen molar-refractivity contribution in [2.45, 2.75) is 26.4 Å². The minimum atomic E-state index is 0.561. The van der Waals surface area contributed by atoms with Crippen LogP contribution in [-0.2, 0) is 19.5 Å². The van der Waals surface area contributed by atoms with Crippen molar-refractivity contribution in [3.05, 3.63) is 39.5 Å². The number of fused-ring (bicyclic) bond motifs is 1. The molecule has 1 aliphatic rings. The van der Waals surface area contributed by atoms with Crippen LogP contribution in [0, 0.1) is 6.92 Å². The summed E-state index contributed by atoms with van der Waals surface area (Å²) in [5.41, 5.74) is 8.14. The molecule has 2 aromatic rings. The largest absolute Gasteiger partial charge is 0.384 e. The first-order valence-electron chi connectivity index (χ1n) is 6.08. The Kier molecular flexibility index (Phi) is 3.01. The summed E-state index contributed by atoms with van der Waals surface area (Å²) in [7, 11) is 0. The van der Waals surface area contributed by atoms with Gasteiger partial charge in [0.1, 0.15) is 11.6 Å². The first kappa shape index (κ1) is 11.6. The van der Waals surface area contributed by atoms with Gasteiger partial charge in [0, 0.05) is 29.7 Å². The number of nitrogens with two attached hydrogens (primary N) is 1. The highest BCUT2D eigenvalue weighted by Gasteiger charge is 2.18. The van der Waals surface area contributed by atoms with Crippen molar-refractivity contribution in [3.63, 3.8) is 0 Å². The van der Waals surface area contributed by atoms with Crippen molar-refractivity contribution >= 4 is 17.2 Å². The van der Waals surface area contributed by atoms with Gasteiger partial charge in [-0.05, 0) is 30.4 Å². The van der Waals surface area contributed by atoms with Crippen LogP contribution in [0.1, 0.15) is 22.0 Å². The highest BCUT2D eigenvalue weighted by atomic mass is 32.1. The molecule has 0 saturated heterocycles. The second-order valence-electron chi connectivity index (χ2n) is 4.68. The molecular formula is C13H16N4S. The van der Waals surface area contributed by atoms with Crippen LogP contribution in [0.4, 0.5) is 5.82 Å². The van der Waals surface area contributed by atoms with E-state index in [1.165, 1.54) is 10.4 Å². The van der Waals surface area contributed by atoms with Crippen LogP contribution in [0.15, 0.2) is 17.5 Å². The molecule has 94 valence electrons. The number of hydrogen-bond acceptors (Lipinski definition) is 5. The molecule has 0 spiro atoms. The number of nitrogens with zero attached hydrogens (tertiary/aromatic N) is 3. The Balaban J connectivity index is 1.74. The maximum absolute atomic E-state index is 5.76. The lowest BCUT2D eigenvalue weighted by Crippen LogP contribution is -2.30. The third-order valence-electron chi connectivity index (χ3n) is 3.17. The second-order valence-corrected chi connectivity index (χ2v) is 5.68. The van der Waals surface area contributed by atoms with Crippen molar-refractivity contribution in [1.82, 2.24) is 14.9 Å². The molecule has 0 amide bonds. The zero-order valence-electron chi connectivity index (χ0n) is 10.4. The van der Waals surface area contributed by atoms with E-state index in [-0.39, 0.29) is 0 Å². The van der Waals surface area contributed by atoms with E-state index >= 15 is 0 Å². The molecule has 0 bridgehead atoms. The average molecular weight is 260 g/mol. The minimum Gasteiger partial charge on any atom is -0.384 e. The number of aryl methyl sites for hydroxylation is 1. The zero-order valence-corrected chi connectivity index (χ0v) is 11.2. The number of thiophene rings is 1. The van der Waals surface area contributed by atoms with Crippen LogP contribution < -0.4 is 5.73 Å². The molecule has 0 saturated carbocycles. The van der Waals surface area contributed by atoms with Crippen LogP contribution in [0.5, 0.6) is 0 Å². The molecular weight excluding hydrogens is 244 g/mol. The van der Waals surface area contributed by atoms with Gasteiger partial charge in [-0.25, -0.2) is 9.97 Å². The van der Waals surface area contributed by atoms with Gasteiger partial charge in [0.05, 0.1) is 6.54 Å². The Bertz CT molecular complexity index is 544. The number of aromatic nitrogens is 2. The van der Waals surface area contributed by atoms with E-state index in [2.05, 4.69) is 26.3 Å². The number of anilines is 1. The maximum Gasteiger partial charge on any atom is 0.144 e. The van der Waals surface area contributed by atoms with Gasteiger partial charge in [0.25, 0.3) is 0 Å². The van der Waals surface area contributed by atoms with E-state index in [0.717, 1.165) is 37.6 Å².